The number of aryl methyl sites for hydroxylation is 1. The number of rotatable bonds is 4. The van der Waals surface area contributed by atoms with E-state index in [4.69, 9.17) is 0 Å². The molecule has 3 heteroatoms. The molecule has 1 fully saturated rings. The molecule has 0 spiro atoms. The molecule has 1 aliphatic rings. The molecule has 1 aromatic heterocycles. The molecule has 0 saturated carbocycles. The molecule has 0 bridgehead atoms. The molecule has 1 saturated heterocycles. The lowest BCUT2D eigenvalue weighted by atomic mass is 10.0. The minimum absolute atomic E-state index is 0.672. The van der Waals surface area contributed by atoms with Crippen molar-refractivity contribution < 1.29 is 0 Å². The van der Waals surface area contributed by atoms with Crippen molar-refractivity contribution >= 4 is 0 Å². The number of hydrogen-bond acceptors (Lipinski definition) is 3. The average molecular weight is 233 g/mol. The molecule has 2 rings (SSSR count). The monoisotopic (exact) mass is 233 g/mol. The quantitative estimate of drug-likeness (QED) is 0.861. The number of nitrogens with zero attached hydrogens (tertiary/aromatic N) is 2. The van der Waals surface area contributed by atoms with Gasteiger partial charge in [0.25, 0.3) is 0 Å². The largest absolute Gasteiger partial charge is 0.313 e. The lowest BCUT2D eigenvalue weighted by Gasteiger charge is -2.28. The molecule has 94 valence electrons. The second-order valence-corrected chi connectivity index (χ2v) is 5.15. The topological polar surface area (TPSA) is 28.2 Å². The summed E-state index contributed by atoms with van der Waals surface area (Å²) in [4.78, 5) is 6.60. The molecule has 0 radical (unpaired) electrons. The van der Waals surface area contributed by atoms with Gasteiger partial charge in [0.2, 0.25) is 0 Å². The van der Waals surface area contributed by atoms with Crippen molar-refractivity contribution in [1.29, 1.82) is 0 Å². The third kappa shape index (κ3) is 3.79. The molecular formula is C14H23N3. The summed E-state index contributed by atoms with van der Waals surface area (Å²) >= 11 is 0. The zero-order chi connectivity index (χ0) is 12.1. The maximum absolute atomic E-state index is 4.20. The van der Waals surface area contributed by atoms with E-state index in [-0.39, 0.29) is 0 Å². The Morgan fingerprint density at radius 2 is 2.35 bits per heavy atom. The molecule has 2 heterocycles. The van der Waals surface area contributed by atoms with Crippen LogP contribution in [-0.2, 0) is 6.54 Å². The van der Waals surface area contributed by atoms with Crippen molar-refractivity contribution in [1.82, 2.24) is 15.2 Å². The Balaban J connectivity index is 1.84. The molecule has 17 heavy (non-hydrogen) atoms. The van der Waals surface area contributed by atoms with Crippen LogP contribution in [0, 0.1) is 6.92 Å². The maximum Gasteiger partial charge on any atom is 0.0315 e. The van der Waals surface area contributed by atoms with E-state index >= 15 is 0 Å². The summed E-state index contributed by atoms with van der Waals surface area (Å²) in [6, 6.07) is 2.76. The first-order valence-electron chi connectivity index (χ1n) is 6.57. The molecule has 3 nitrogen and oxygen atoms in total. The number of likely N-dealkylation sites (N-methyl/N-ethyl adjacent to an activating group) is 1. The number of nitrogens with one attached hydrogen (secondary N) is 1. The summed E-state index contributed by atoms with van der Waals surface area (Å²) in [5.41, 5.74) is 2.68. The lowest BCUT2D eigenvalue weighted by Crippen LogP contribution is -2.42. The van der Waals surface area contributed by atoms with Crippen LogP contribution in [0.5, 0.6) is 0 Å². The highest BCUT2D eigenvalue weighted by Crippen LogP contribution is 2.11. The standard InChI is InChI=1S/C14H23N3/c1-12-6-8-15-9-13(12)10-17(2)11-14-5-3-4-7-16-14/h6,8-9,14,16H,3-5,7,10-11H2,1-2H3. The lowest BCUT2D eigenvalue weighted by molar-refractivity contribution is 0.256. The van der Waals surface area contributed by atoms with Gasteiger partial charge >= 0.3 is 0 Å². The van der Waals surface area contributed by atoms with Crippen molar-refractivity contribution in [2.75, 3.05) is 20.1 Å². The van der Waals surface area contributed by atoms with Crippen LogP contribution < -0.4 is 5.32 Å². The van der Waals surface area contributed by atoms with E-state index in [1.54, 1.807) is 0 Å². The number of piperidine rings is 1. The summed E-state index contributed by atoms with van der Waals surface area (Å²) in [6.45, 7) is 5.47. The van der Waals surface area contributed by atoms with E-state index in [1.807, 2.05) is 12.4 Å². The van der Waals surface area contributed by atoms with Crippen LogP contribution >= 0.6 is 0 Å². The van der Waals surface area contributed by atoms with Gasteiger partial charge in [0.1, 0.15) is 0 Å². The normalized spacial score (nSPS) is 20.8. The van der Waals surface area contributed by atoms with Crippen molar-refractivity contribution in [3.8, 4) is 0 Å². The molecule has 0 amide bonds. The molecule has 1 N–H and O–H groups in total. The van der Waals surface area contributed by atoms with Gasteiger partial charge in [-0.1, -0.05) is 6.42 Å². The average Bonchev–Trinajstić information content (AvgIpc) is 2.33. The third-order valence-electron chi connectivity index (χ3n) is 3.53. The molecule has 1 aromatic rings. The SMILES string of the molecule is Cc1ccncc1CN(C)CC1CCCCN1. The Hall–Kier alpha value is -0.930. The van der Waals surface area contributed by atoms with Gasteiger partial charge in [0, 0.05) is 31.5 Å². The zero-order valence-corrected chi connectivity index (χ0v) is 10.9. The predicted molar refractivity (Wildman–Crippen MR) is 70.9 cm³/mol. The van der Waals surface area contributed by atoms with Crippen LogP contribution in [0.15, 0.2) is 18.5 Å². The zero-order valence-electron chi connectivity index (χ0n) is 10.9. The first kappa shape index (κ1) is 12.5. The molecular weight excluding hydrogens is 210 g/mol. The first-order valence-corrected chi connectivity index (χ1v) is 6.57. The van der Waals surface area contributed by atoms with Crippen LogP contribution in [0.2, 0.25) is 0 Å². The smallest absolute Gasteiger partial charge is 0.0315 e. The summed E-state index contributed by atoms with van der Waals surface area (Å²) in [5.74, 6) is 0. The summed E-state index contributed by atoms with van der Waals surface area (Å²) in [5, 5.41) is 3.59. The number of hydrogen-bond donors (Lipinski definition) is 1. The Kier molecular flexibility index (Phi) is 4.51. The number of aromatic nitrogens is 1. The van der Waals surface area contributed by atoms with Crippen molar-refractivity contribution in [3.63, 3.8) is 0 Å². The van der Waals surface area contributed by atoms with Crippen molar-refractivity contribution in [2.24, 2.45) is 0 Å². The van der Waals surface area contributed by atoms with E-state index < -0.39 is 0 Å². The fraction of sp³-hybridized carbons (Fsp3) is 0.643. The van der Waals surface area contributed by atoms with Crippen LogP contribution in [-0.4, -0.2) is 36.1 Å². The van der Waals surface area contributed by atoms with Gasteiger partial charge in [-0.15, -0.1) is 0 Å². The van der Waals surface area contributed by atoms with E-state index in [0.717, 1.165) is 13.1 Å². The Labute approximate surface area is 104 Å². The Morgan fingerprint density at radius 1 is 1.47 bits per heavy atom. The molecule has 1 aliphatic heterocycles. The highest BCUT2D eigenvalue weighted by molar-refractivity contribution is 5.21. The molecule has 1 unspecified atom stereocenters. The number of pyridine rings is 1. The minimum atomic E-state index is 0.672. The van der Waals surface area contributed by atoms with Crippen LogP contribution in [0.1, 0.15) is 30.4 Å². The van der Waals surface area contributed by atoms with E-state index in [2.05, 4.69) is 35.2 Å². The maximum atomic E-state index is 4.20. The van der Waals surface area contributed by atoms with E-state index in [9.17, 15) is 0 Å². The third-order valence-corrected chi connectivity index (χ3v) is 3.53. The first-order chi connectivity index (χ1) is 8.25. The fourth-order valence-electron chi connectivity index (χ4n) is 2.47. The summed E-state index contributed by atoms with van der Waals surface area (Å²) < 4.78 is 0. The predicted octanol–water partition coefficient (Wildman–Crippen LogP) is 1.96. The van der Waals surface area contributed by atoms with Crippen LogP contribution in [0.3, 0.4) is 0 Å². The molecule has 0 aromatic carbocycles. The Morgan fingerprint density at radius 3 is 3.06 bits per heavy atom. The highest BCUT2D eigenvalue weighted by Gasteiger charge is 2.14. The minimum Gasteiger partial charge on any atom is -0.313 e. The Bertz CT molecular complexity index is 345. The molecule has 1 atom stereocenters. The van der Waals surface area contributed by atoms with Crippen molar-refractivity contribution in [3.05, 3.63) is 29.6 Å². The van der Waals surface area contributed by atoms with E-state index in [1.165, 1.54) is 36.9 Å². The fourth-order valence-corrected chi connectivity index (χ4v) is 2.47. The van der Waals surface area contributed by atoms with E-state index in [0.29, 0.717) is 6.04 Å². The molecule has 0 aliphatic carbocycles. The van der Waals surface area contributed by atoms with Gasteiger partial charge < -0.3 is 10.2 Å². The van der Waals surface area contributed by atoms with Gasteiger partial charge in [-0.25, -0.2) is 0 Å². The van der Waals surface area contributed by atoms with Gasteiger partial charge in [0.05, 0.1) is 0 Å². The summed E-state index contributed by atoms with van der Waals surface area (Å²) in [6.07, 6.45) is 7.87. The second-order valence-electron chi connectivity index (χ2n) is 5.15. The van der Waals surface area contributed by atoms with Gasteiger partial charge in [-0.05, 0) is 50.6 Å². The highest BCUT2D eigenvalue weighted by atomic mass is 15.1. The van der Waals surface area contributed by atoms with Gasteiger partial charge in [-0.2, -0.15) is 0 Å². The second kappa shape index (κ2) is 6.12. The van der Waals surface area contributed by atoms with Crippen LogP contribution in [0.25, 0.3) is 0 Å². The van der Waals surface area contributed by atoms with Gasteiger partial charge in [-0.3, -0.25) is 4.98 Å². The van der Waals surface area contributed by atoms with Crippen LogP contribution in [0.4, 0.5) is 0 Å². The van der Waals surface area contributed by atoms with Crippen molar-refractivity contribution in [2.45, 2.75) is 38.8 Å². The van der Waals surface area contributed by atoms with Gasteiger partial charge in [0.15, 0.2) is 0 Å². The summed E-state index contributed by atoms with van der Waals surface area (Å²) in [7, 11) is 2.20.